The van der Waals surface area contributed by atoms with Gasteiger partial charge < -0.3 is 4.90 Å². The first kappa shape index (κ1) is 18.2. The number of rotatable bonds is 4. The van der Waals surface area contributed by atoms with Crippen molar-refractivity contribution in [2.24, 2.45) is 0 Å². The van der Waals surface area contributed by atoms with Crippen molar-refractivity contribution < 1.29 is 4.79 Å². The zero-order chi connectivity index (χ0) is 17.1. The van der Waals surface area contributed by atoms with Crippen molar-refractivity contribution in [1.29, 1.82) is 0 Å². The van der Waals surface area contributed by atoms with Crippen LogP contribution in [0.5, 0.6) is 0 Å². The zero-order valence-corrected chi connectivity index (χ0v) is 17.0. The van der Waals surface area contributed by atoms with Crippen molar-refractivity contribution in [2.75, 3.05) is 0 Å². The molecule has 0 aliphatic heterocycles. The Labute approximate surface area is 155 Å². The normalized spacial score (nSPS) is 11.1. The Morgan fingerprint density at radius 2 is 1.43 bits per heavy atom. The molecule has 2 nitrogen and oxygen atoms in total. The van der Waals surface area contributed by atoms with Crippen LogP contribution in [0.2, 0.25) is 0 Å². The number of halogens is 2. The summed E-state index contributed by atoms with van der Waals surface area (Å²) in [6.07, 6.45) is 0. The molecule has 0 heterocycles. The molecule has 0 saturated carbocycles. The number of carbonyl (C=O) groups is 1. The van der Waals surface area contributed by atoms with Crippen LogP contribution in [0.4, 0.5) is 0 Å². The summed E-state index contributed by atoms with van der Waals surface area (Å²) in [6, 6.07) is 14.2. The SMILES string of the molecule is CC(C)N(C(=O)c1ccccc1-c1cc(Br)cc(Br)c1)C(C)C. The fourth-order valence-electron chi connectivity index (χ4n) is 2.84. The molecule has 0 atom stereocenters. The molecule has 23 heavy (non-hydrogen) atoms. The van der Waals surface area contributed by atoms with E-state index in [4.69, 9.17) is 0 Å². The van der Waals surface area contributed by atoms with Gasteiger partial charge in [0.1, 0.15) is 0 Å². The second-order valence-electron chi connectivity index (χ2n) is 6.10. The molecule has 122 valence electrons. The van der Waals surface area contributed by atoms with E-state index in [1.165, 1.54) is 0 Å². The molecule has 0 radical (unpaired) electrons. The molecule has 0 aliphatic carbocycles. The van der Waals surface area contributed by atoms with E-state index < -0.39 is 0 Å². The molecule has 0 spiro atoms. The van der Waals surface area contributed by atoms with Crippen LogP contribution in [0.3, 0.4) is 0 Å². The lowest BCUT2D eigenvalue weighted by Gasteiger charge is -2.31. The number of benzene rings is 2. The number of amides is 1. The third-order valence-corrected chi connectivity index (χ3v) is 4.59. The summed E-state index contributed by atoms with van der Waals surface area (Å²) in [4.78, 5) is 15.0. The Morgan fingerprint density at radius 1 is 0.913 bits per heavy atom. The van der Waals surface area contributed by atoms with Gasteiger partial charge in [0, 0.05) is 26.6 Å². The van der Waals surface area contributed by atoms with Gasteiger partial charge in [-0.05, 0) is 63.1 Å². The number of hydrogen-bond acceptors (Lipinski definition) is 1. The first-order valence-corrected chi connectivity index (χ1v) is 9.28. The highest BCUT2D eigenvalue weighted by Gasteiger charge is 2.24. The van der Waals surface area contributed by atoms with Crippen molar-refractivity contribution in [3.05, 3.63) is 57.0 Å². The van der Waals surface area contributed by atoms with Gasteiger partial charge in [-0.25, -0.2) is 0 Å². The highest BCUT2D eigenvalue weighted by atomic mass is 79.9. The molecule has 0 aliphatic rings. The van der Waals surface area contributed by atoms with Gasteiger partial charge in [-0.1, -0.05) is 50.1 Å². The minimum Gasteiger partial charge on any atom is -0.334 e. The smallest absolute Gasteiger partial charge is 0.254 e. The van der Waals surface area contributed by atoms with E-state index in [1.807, 2.05) is 47.4 Å². The Hall–Kier alpha value is -1.13. The first-order valence-electron chi connectivity index (χ1n) is 7.69. The van der Waals surface area contributed by atoms with Gasteiger partial charge in [-0.15, -0.1) is 0 Å². The molecule has 0 N–H and O–H groups in total. The topological polar surface area (TPSA) is 20.3 Å². The van der Waals surface area contributed by atoms with Crippen LogP contribution in [-0.4, -0.2) is 22.9 Å². The summed E-state index contributed by atoms with van der Waals surface area (Å²) in [5.41, 5.74) is 2.70. The second-order valence-corrected chi connectivity index (χ2v) is 7.93. The molecule has 0 unspecified atom stereocenters. The zero-order valence-electron chi connectivity index (χ0n) is 13.8. The van der Waals surface area contributed by atoms with Crippen molar-refractivity contribution in [2.45, 2.75) is 39.8 Å². The number of hydrogen-bond donors (Lipinski definition) is 0. The maximum atomic E-state index is 13.1. The third kappa shape index (κ3) is 4.24. The lowest BCUT2D eigenvalue weighted by molar-refractivity contribution is 0.0644. The molecule has 0 fully saturated rings. The summed E-state index contributed by atoms with van der Waals surface area (Å²) in [7, 11) is 0. The van der Waals surface area contributed by atoms with E-state index in [0.29, 0.717) is 0 Å². The van der Waals surface area contributed by atoms with Gasteiger partial charge in [-0.3, -0.25) is 4.79 Å². The van der Waals surface area contributed by atoms with Gasteiger partial charge in [0.05, 0.1) is 0 Å². The lowest BCUT2D eigenvalue weighted by atomic mass is 9.98. The summed E-state index contributed by atoms with van der Waals surface area (Å²) in [5.74, 6) is 0.0710. The molecule has 2 aromatic rings. The van der Waals surface area contributed by atoms with Gasteiger partial charge in [0.25, 0.3) is 5.91 Å². The Kier molecular flexibility index (Phi) is 6.04. The first-order chi connectivity index (χ1) is 10.8. The van der Waals surface area contributed by atoms with E-state index in [-0.39, 0.29) is 18.0 Å². The van der Waals surface area contributed by atoms with E-state index in [1.54, 1.807) is 0 Å². The molecule has 2 rings (SSSR count). The molecule has 1 amide bonds. The van der Waals surface area contributed by atoms with Gasteiger partial charge in [0.15, 0.2) is 0 Å². The average Bonchev–Trinajstić information content (AvgIpc) is 2.45. The second kappa shape index (κ2) is 7.63. The standard InChI is InChI=1S/C19H21Br2NO/c1-12(2)22(13(3)4)19(23)18-8-6-5-7-17(18)14-9-15(20)11-16(21)10-14/h5-13H,1-4H3. The van der Waals surface area contributed by atoms with Crippen LogP contribution < -0.4 is 0 Å². The van der Waals surface area contributed by atoms with Crippen molar-refractivity contribution in [1.82, 2.24) is 4.90 Å². The fraction of sp³-hybridized carbons (Fsp3) is 0.316. The summed E-state index contributed by atoms with van der Waals surface area (Å²) >= 11 is 7.04. The molecule has 0 saturated heterocycles. The van der Waals surface area contributed by atoms with Crippen molar-refractivity contribution in [3.63, 3.8) is 0 Å². The van der Waals surface area contributed by atoms with Crippen LogP contribution in [0.25, 0.3) is 11.1 Å². The lowest BCUT2D eigenvalue weighted by Crippen LogP contribution is -2.42. The maximum Gasteiger partial charge on any atom is 0.254 e. The van der Waals surface area contributed by atoms with Crippen LogP contribution in [0, 0.1) is 0 Å². The van der Waals surface area contributed by atoms with Gasteiger partial charge >= 0.3 is 0 Å². The predicted molar refractivity (Wildman–Crippen MR) is 104 cm³/mol. The minimum atomic E-state index is 0.0710. The van der Waals surface area contributed by atoms with Crippen molar-refractivity contribution >= 4 is 37.8 Å². The highest BCUT2D eigenvalue weighted by molar-refractivity contribution is 9.11. The molecule has 0 aromatic heterocycles. The third-order valence-electron chi connectivity index (χ3n) is 3.68. The molecular weight excluding hydrogens is 418 g/mol. The largest absolute Gasteiger partial charge is 0.334 e. The van der Waals surface area contributed by atoms with E-state index >= 15 is 0 Å². The average molecular weight is 439 g/mol. The molecular formula is C19H21Br2NO. The Morgan fingerprint density at radius 3 is 1.96 bits per heavy atom. The monoisotopic (exact) mass is 437 g/mol. The molecule has 4 heteroatoms. The van der Waals surface area contributed by atoms with Gasteiger partial charge in [0.2, 0.25) is 0 Å². The van der Waals surface area contributed by atoms with Gasteiger partial charge in [-0.2, -0.15) is 0 Å². The Bertz CT molecular complexity index is 682. The Balaban J connectivity index is 2.55. The maximum absolute atomic E-state index is 13.1. The van der Waals surface area contributed by atoms with Crippen LogP contribution in [0.15, 0.2) is 51.4 Å². The predicted octanol–water partition coefficient (Wildman–Crippen LogP) is 6.14. The number of nitrogens with zero attached hydrogens (tertiary/aromatic N) is 1. The minimum absolute atomic E-state index is 0.0710. The fourth-order valence-corrected chi connectivity index (χ4v) is 4.13. The van der Waals surface area contributed by atoms with Crippen LogP contribution in [-0.2, 0) is 0 Å². The van der Waals surface area contributed by atoms with E-state index in [9.17, 15) is 4.79 Å². The molecule has 0 bridgehead atoms. The van der Waals surface area contributed by atoms with E-state index in [2.05, 4.69) is 59.6 Å². The van der Waals surface area contributed by atoms with Crippen LogP contribution in [0.1, 0.15) is 38.1 Å². The van der Waals surface area contributed by atoms with E-state index in [0.717, 1.165) is 25.6 Å². The summed E-state index contributed by atoms with van der Waals surface area (Å²) in [6.45, 7) is 8.21. The summed E-state index contributed by atoms with van der Waals surface area (Å²) < 4.78 is 1.96. The quantitative estimate of drug-likeness (QED) is 0.561. The van der Waals surface area contributed by atoms with Crippen LogP contribution >= 0.6 is 31.9 Å². The van der Waals surface area contributed by atoms with Crippen molar-refractivity contribution in [3.8, 4) is 11.1 Å². The highest BCUT2D eigenvalue weighted by Crippen LogP contribution is 2.31. The number of carbonyl (C=O) groups excluding carboxylic acids is 1. The molecule has 2 aromatic carbocycles. The summed E-state index contributed by atoms with van der Waals surface area (Å²) in [5, 5.41) is 0.